The Morgan fingerprint density at radius 3 is 2.19 bits per heavy atom. The quantitative estimate of drug-likeness (QED) is 0.472. The van der Waals surface area contributed by atoms with Crippen LogP contribution in [0.3, 0.4) is 0 Å². The van der Waals surface area contributed by atoms with Gasteiger partial charge in [-0.1, -0.05) is 24.3 Å². The number of nitro benzene ring substituents is 1. The summed E-state index contributed by atoms with van der Waals surface area (Å²) in [5.41, 5.74) is 1.02. The molecule has 0 fully saturated rings. The van der Waals surface area contributed by atoms with Crippen molar-refractivity contribution >= 4 is 5.69 Å². The molecule has 160 valence electrons. The molecule has 0 radical (unpaired) electrons. The number of fused-ring (bicyclic) bond motifs is 1. The molecule has 9 nitrogen and oxygen atoms in total. The molecule has 1 aliphatic heterocycles. The smallest absolute Gasteiger partial charge is 0.333 e. The van der Waals surface area contributed by atoms with E-state index in [0.717, 1.165) is 15.7 Å². The van der Waals surface area contributed by atoms with Crippen LogP contribution in [-0.4, -0.2) is 21.2 Å². The molecule has 0 spiro atoms. The first-order valence-electron chi connectivity index (χ1n) is 9.66. The van der Waals surface area contributed by atoms with Gasteiger partial charge in [-0.2, -0.15) is 0 Å². The molecule has 2 heterocycles. The van der Waals surface area contributed by atoms with Gasteiger partial charge in [0.1, 0.15) is 11.9 Å². The zero-order valence-electron chi connectivity index (χ0n) is 17.3. The fourth-order valence-electron chi connectivity index (χ4n) is 3.96. The number of non-ortho nitro benzene ring substituents is 1. The maximum Gasteiger partial charge on any atom is 0.333 e. The zero-order valence-corrected chi connectivity index (χ0v) is 17.3. The van der Waals surface area contributed by atoms with Crippen LogP contribution in [0.1, 0.15) is 35.1 Å². The Balaban J connectivity index is 1.87. The second-order valence-corrected chi connectivity index (χ2v) is 7.44. The molecular formula is C22H21N3O6. The van der Waals surface area contributed by atoms with Crippen LogP contribution in [0.15, 0.2) is 58.1 Å². The Hall–Kier alpha value is -3.88. The Morgan fingerprint density at radius 2 is 1.61 bits per heavy atom. The second kappa shape index (κ2) is 7.75. The van der Waals surface area contributed by atoms with Crippen LogP contribution in [0.2, 0.25) is 0 Å². The predicted octanol–water partition coefficient (Wildman–Crippen LogP) is 2.66. The number of rotatable bonds is 4. The molecule has 2 atom stereocenters. The van der Waals surface area contributed by atoms with Gasteiger partial charge >= 0.3 is 5.69 Å². The van der Waals surface area contributed by atoms with Gasteiger partial charge in [0.15, 0.2) is 0 Å². The van der Waals surface area contributed by atoms with Crippen LogP contribution in [0, 0.1) is 10.1 Å². The molecule has 1 aliphatic rings. The van der Waals surface area contributed by atoms with E-state index >= 15 is 0 Å². The van der Waals surface area contributed by atoms with Gasteiger partial charge in [-0.3, -0.25) is 24.0 Å². The van der Waals surface area contributed by atoms with E-state index in [9.17, 15) is 19.7 Å². The molecule has 0 unspecified atom stereocenters. The van der Waals surface area contributed by atoms with Crippen molar-refractivity contribution < 1.29 is 14.4 Å². The molecular weight excluding hydrogens is 402 g/mol. The van der Waals surface area contributed by atoms with E-state index in [-0.39, 0.29) is 11.6 Å². The molecule has 1 aromatic heterocycles. The summed E-state index contributed by atoms with van der Waals surface area (Å²) in [6, 6.07) is 13.5. The van der Waals surface area contributed by atoms with Gasteiger partial charge in [-0.15, -0.1) is 0 Å². The van der Waals surface area contributed by atoms with Gasteiger partial charge in [-0.25, -0.2) is 4.79 Å². The van der Waals surface area contributed by atoms with Gasteiger partial charge in [-0.05, 0) is 29.7 Å². The third kappa shape index (κ3) is 3.48. The van der Waals surface area contributed by atoms with Crippen molar-refractivity contribution in [3.05, 3.63) is 96.2 Å². The summed E-state index contributed by atoms with van der Waals surface area (Å²) in [6.45, 7) is 0. The molecule has 0 saturated heterocycles. The third-order valence-electron chi connectivity index (χ3n) is 5.69. The van der Waals surface area contributed by atoms with Crippen molar-refractivity contribution in [1.82, 2.24) is 9.13 Å². The van der Waals surface area contributed by atoms with Gasteiger partial charge in [0.2, 0.25) is 5.88 Å². The largest absolute Gasteiger partial charge is 0.497 e. The molecule has 31 heavy (non-hydrogen) atoms. The number of benzene rings is 2. The fraction of sp³-hybridized carbons (Fsp3) is 0.273. The minimum absolute atomic E-state index is 0.0314. The molecule has 9 heteroatoms. The molecule has 2 aromatic carbocycles. The van der Waals surface area contributed by atoms with E-state index in [1.54, 1.807) is 26.3 Å². The highest BCUT2D eigenvalue weighted by molar-refractivity contribution is 5.44. The van der Waals surface area contributed by atoms with Gasteiger partial charge in [0.05, 0.1) is 17.6 Å². The van der Waals surface area contributed by atoms with Crippen LogP contribution >= 0.6 is 0 Å². The molecule has 4 rings (SSSR count). The molecule has 3 aromatic rings. The monoisotopic (exact) mass is 423 g/mol. The van der Waals surface area contributed by atoms with Crippen molar-refractivity contribution in [1.29, 1.82) is 0 Å². The predicted molar refractivity (Wildman–Crippen MR) is 113 cm³/mol. The first kappa shape index (κ1) is 20.4. The highest BCUT2D eigenvalue weighted by Crippen LogP contribution is 2.43. The Labute approximate surface area is 177 Å². The number of nitro groups is 1. The summed E-state index contributed by atoms with van der Waals surface area (Å²) < 4.78 is 13.7. The summed E-state index contributed by atoms with van der Waals surface area (Å²) in [6.07, 6.45) is 0.0150. The number of hydrogen-bond donors (Lipinski definition) is 0. The number of nitrogens with zero attached hydrogens (tertiary/aromatic N) is 3. The maximum atomic E-state index is 13.0. The van der Waals surface area contributed by atoms with Crippen LogP contribution < -0.4 is 20.7 Å². The van der Waals surface area contributed by atoms with Crippen LogP contribution in [0.5, 0.6) is 11.6 Å². The van der Waals surface area contributed by atoms with Gasteiger partial charge in [0.25, 0.3) is 11.2 Å². The topological polar surface area (TPSA) is 106 Å². The third-order valence-corrected chi connectivity index (χ3v) is 5.69. The van der Waals surface area contributed by atoms with Crippen LogP contribution in [0.25, 0.3) is 0 Å². The number of methoxy groups -OCH3 is 1. The maximum absolute atomic E-state index is 13.0. The highest BCUT2D eigenvalue weighted by Gasteiger charge is 2.35. The van der Waals surface area contributed by atoms with Crippen molar-refractivity contribution in [3.8, 4) is 11.6 Å². The average Bonchev–Trinajstić information content (AvgIpc) is 2.80. The fourth-order valence-corrected chi connectivity index (χ4v) is 3.96. The summed E-state index contributed by atoms with van der Waals surface area (Å²) in [4.78, 5) is 36.1. The molecule has 0 bridgehead atoms. The summed E-state index contributed by atoms with van der Waals surface area (Å²) >= 11 is 0. The highest BCUT2D eigenvalue weighted by atomic mass is 16.6. The number of hydrogen-bond acceptors (Lipinski definition) is 6. The van der Waals surface area contributed by atoms with E-state index in [4.69, 9.17) is 9.47 Å². The van der Waals surface area contributed by atoms with E-state index in [0.29, 0.717) is 17.7 Å². The first-order valence-corrected chi connectivity index (χ1v) is 9.66. The average molecular weight is 423 g/mol. The summed E-state index contributed by atoms with van der Waals surface area (Å²) in [5.74, 6) is 0.513. The lowest BCUT2D eigenvalue weighted by molar-refractivity contribution is -0.384. The van der Waals surface area contributed by atoms with E-state index in [1.165, 1.54) is 23.7 Å². The van der Waals surface area contributed by atoms with Gasteiger partial charge in [0, 0.05) is 32.1 Å². The van der Waals surface area contributed by atoms with E-state index in [1.807, 2.05) is 24.3 Å². The SMILES string of the molecule is COc1ccc([C@H]2C[C@@H](c3ccc([N+](=O)[O-])cc3)c3c(n(C)c(=O)n(C)c3=O)O2)cc1. The lowest BCUT2D eigenvalue weighted by Gasteiger charge is -2.33. The Bertz CT molecular complexity index is 1260. The first-order chi connectivity index (χ1) is 14.8. The lowest BCUT2D eigenvalue weighted by Crippen LogP contribution is -2.42. The van der Waals surface area contributed by atoms with Crippen molar-refractivity contribution in [2.45, 2.75) is 18.4 Å². The minimum atomic E-state index is -0.485. The van der Waals surface area contributed by atoms with Crippen molar-refractivity contribution in [2.75, 3.05) is 7.11 Å². The summed E-state index contributed by atoms with van der Waals surface area (Å²) in [7, 11) is 4.57. The second-order valence-electron chi connectivity index (χ2n) is 7.44. The molecule has 0 amide bonds. The van der Waals surface area contributed by atoms with E-state index < -0.39 is 28.2 Å². The lowest BCUT2D eigenvalue weighted by atomic mass is 9.84. The standard InChI is InChI=1S/C22H21N3O6/c1-23-20(26)19-17(13-4-8-15(9-5-13)25(28)29)12-18(31-21(19)24(2)22(23)27)14-6-10-16(30-3)11-7-14/h4-11,17-18H,12H2,1-3H3/t17-,18+/m0/s1. The molecule has 0 saturated carbocycles. The number of aromatic nitrogens is 2. The van der Waals surface area contributed by atoms with Gasteiger partial charge < -0.3 is 9.47 Å². The molecule has 0 aliphatic carbocycles. The molecule has 0 N–H and O–H groups in total. The normalized spacial score (nSPS) is 17.5. The van der Waals surface area contributed by atoms with Crippen molar-refractivity contribution in [3.63, 3.8) is 0 Å². The Kier molecular flexibility index (Phi) is 5.10. The minimum Gasteiger partial charge on any atom is -0.497 e. The van der Waals surface area contributed by atoms with Crippen LogP contribution in [-0.2, 0) is 14.1 Å². The zero-order chi connectivity index (χ0) is 22.3. The number of ether oxygens (including phenoxy) is 2. The van der Waals surface area contributed by atoms with Crippen LogP contribution in [0.4, 0.5) is 5.69 Å². The van der Waals surface area contributed by atoms with E-state index in [2.05, 4.69) is 0 Å². The van der Waals surface area contributed by atoms with Crippen molar-refractivity contribution in [2.24, 2.45) is 14.1 Å². The summed E-state index contributed by atoms with van der Waals surface area (Å²) in [5, 5.41) is 11.0. The Morgan fingerprint density at radius 1 is 1.00 bits per heavy atom.